The second-order valence-corrected chi connectivity index (χ2v) is 7.62. The number of nitro benzene ring substituents is 2. The Kier molecular flexibility index (Phi) is 4.54. The van der Waals surface area contributed by atoms with Crippen molar-refractivity contribution in [3.8, 4) is 22.5 Å². The van der Waals surface area contributed by atoms with Crippen LogP contribution in [0.25, 0.3) is 22.5 Å². The smallest absolute Gasteiger partial charge is 0.345 e. The minimum absolute atomic E-state index is 0.0196. The van der Waals surface area contributed by atoms with Crippen molar-refractivity contribution in [2.24, 2.45) is 10.1 Å². The van der Waals surface area contributed by atoms with Gasteiger partial charge in [0.1, 0.15) is 0 Å². The van der Waals surface area contributed by atoms with Gasteiger partial charge in [-0.1, -0.05) is 0 Å². The molecule has 0 unspecified atom stereocenters. The van der Waals surface area contributed by atoms with E-state index in [0.717, 1.165) is 0 Å². The maximum atomic E-state index is 11.9. The highest BCUT2D eigenvalue weighted by molar-refractivity contribution is 7.91. The lowest BCUT2D eigenvalue weighted by Gasteiger charge is -2.17. The molecule has 14 heteroatoms. The Bertz CT molecular complexity index is 1370. The Balaban J connectivity index is 1.94. The number of anilines is 1. The number of non-ortho nitro benzene ring substituents is 2. The van der Waals surface area contributed by atoms with E-state index in [2.05, 4.69) is 19.1 Å². The second-order valence-electron chi connectivity index (χ2n) is 6.28. The van der Waals surface area contributed by atoms with E-state index in [-0.39, 0.29) is 40.1 Å². The molecule has 0 amide bonds. The molecule has 31 heavy (non-hydrogen) atoms. The number of hydrogen-bond acceptors (Lipinski definition) is 9. The fourth-order valence-corrected chi connectivity index (χ4v) is 3.67. The number of aromatic nitrogens is 2. The van der Waals surface area contributed by atoms with Gasteiger partial charge in [0, 0.05) is 35.4 Å². The third kappa shape index (κ3) is 3.74. The summed E-state index contributed by atoms with van der Waals surface area (Å²) in [7, 11) is -4.11. The molecular weight excluding hydrogens is 430 g/mol. The summed E-state index contributed by atoms with van der Waals surface area (Å²) in [6, 6.07) is 10.8. The minimum atomic E-state index is -4.11. The standard InChI is InChI=1S/C17H11N7O6S/c18-16-15-17(22-31(29,30)21-16)20-14(10-3-7-12(8-4-10)24(27)28)13(19-15)9-1-5-11(6-2-9)23(25)26/h1-8H,(H2,18,21)(H,20,22). The van der Waals surface area contributed by atoms with E-state index in [1.54, 1.807) is 0 Å². The minimum Gasteiger partial charge on any atom is -0.381 e. The summed E-state index contributed by atoms with van der Waals surface area (Å²) in [6.45, 7) is 0. The number of nitro groups is 2. The molecular formula is C17H11N7O6S. The Morgan fingerprint density at radius 2 is 1.23 bits per heavy atom. The molecule has 0 saturated carbocycles. The predicted molar refractivity (Wildman–Crippen MR) is 109 cm³/mol. The molecule has 1 aliphatic heterocycles. The second kappa shape index (κ2) is 7.10. The van der Waals surface area contributed by atoms with E-state index < -0.39 is 20.1 Å². The highest BCUT2D eigenvalue weighted by Crippen LogP contribution is 2.34. The molecule has 3 aromatic rings. The van der Waals surface area contributed by atoms with Crippen LogP contribution < -0.4 is 10.5 Å². The average molecular weight is 441 g/mol. The van der Waals surface area contributed by atoms with Gasteiger partial charge in [-0.25, -0.2) is 14.7 Å². The van der Waals surface area contributed by atoms with Gasteiger partial charge in [0.2, 0.25) is 0 Å². The SMILES string of the molecule is NC1=NS(=O)(=O)Nc2nc(-c3ccc([N+](=O)[O-])cc3)c(-c3ccc([N+](=O)[O-])cc3)nc21. The molecule has 3 N–H and O–H groups in total. The molecule has 0 atom stereocenters. The zero-order valence-electron chi connectivity index (χ0n) is 15.3. The lowest BCUT2D eigenvalue weighted by atomic mass is 10.0. The molecule has 1 aliphatic rings. The van der Waals surface area contributed by atoms with Gasteiger partial charge < -0.3 is 5.73 Å². The quantitative estimate of drug-likeness (QED) is 0.449. The third-order valence-corrected chi connectivity index (χ3v) is 5.17. The van der Waals surface area contributed by atoms with Gasteiger partial charge in [0.15, 0.2) is 17.3 Å². The first kappa shape index (κ1) is 19.8. The largest absolute Gasteiger partial charge is 0.381 e. The van der Waals surface area contributed by atoms with E-state index in [0.29, 0.717) is 11.1 Å². The summed E-state index contributed by atoms with van der Waals surface area (Å²) >= 11 is 0. The molecule has 2 heterocycles. The highest BCUT2D eigenvalue weighted by Gasteiger charge is 2.27. The summed E-state index contributed by atoms with van der Waals surface area (Å²) in [5, 5.41) is 21.9. The van der Waals surface area contributed by atoms with E-state index in [4.69, 9.17) is 5.73 Å². The number of hydrogen-bond donors (Lipinski definition) is 2. The van der Waals surface area contributed by atoms with E-state index in [1.807, 2.05) is 0 Å². The summed E-state index contributed by atoms with van der Waals surface area (Å²) in [4.78, 5) is 29.5. The highest BCUT2D eigenvalue weighted by atomic mass is 32.2. The van der Waals surface area contributed by atoms with Gasteiger partial charge in [0.05, 0.1) is 21.2 Å². The van der Waals surface area contributed by atoms with E-state index in [1.165, 1.54) is 48.5 Å². The van der Waals surface area contributed by atoms with Crippen molar-refractivity contribution in [2.45, 2.75) is 0 Å². The van der Waals surface area contributed by atoms with Crippen LogP contribution in [0.5, 0.6) is 0 Å². The normalized spacial score (nSPS) is 14.1. The zero-order valence-corrected chi connectivity index (χ0v) is 16.1. The molecule has 4 rings (SSSR count). The van der Waals surface area contributed by atoms with Crippen molar-refractivity contribution in [1.82, 2.24) is 9.97 Å². The number of rotatable bonds is 4. The first-order valence-electron chi connectivity index (χ1n) is 8.45. The van der Waals surface area contributed by atoms with Crippen LogP contribution >= 0.6 is 0 Å². The van der Waals surface area contributed by atoms with Crippen LogP contribution in [0.4, 0.5) is 17.2 Å². The third-order valence-electron chi connectivity index (χ3n) is 4.29. The molecule has 0 aliphatic carbocycles. The molecule has 2 aromatic carbocycles. The zero-order chi connectivity index (χ0) is 22.3. The van der Waals surface area contributed by atoms with Crippen molar-refractivity contribution in [3.63, 3.8) is 0 Å². The molecule has 0 radical (unpaired) electrons. The van der Waals surface area contributed by atoms with Gasteiger partial charge in [-0.3, -0.25) is 20.2 Å². The Morgan fingerprint density at radius 1 is 0.774 bits per heavy atom. The van der Waals surface area contributed by atoms with Crippen molar-refractivity contribution >= 4 is 33.2 Å². The van der Waals surface area contributed by atoms with Crippen molar-refractivity contribution in [3.05, 3.63) is 74.5 Å². The Labute approximate surface area is 173 Å². The van der Waals surface area contributed by atoms with Gasteiger partial charge in [-0.15, -0.1) is 4.40 Å². The van der Waals surface area contributed by atoms with E-state index in [9.17, 15) is 28.6 Å². The number of nitrogens with two attached hydrogens (primary N) is 1. The summed E-state index contributed by atoms with van der Waals surface area (Å²) in [6.07, 6.45) is 0. The molecule has 0 spiro atoms. The van der Waals surface area contributed by atoms with Crippen molar-refractivity contribution in [1.29, 1.82) is 0 Å². The van der Waals surface area contributed by atoms with Crippen molar-refractivity contribution in [2.75, 3.05) is 4.72 Å². The van der Waals surface area contributed by atoms with Crippen LogP contribution in [0, 0.1) is 20.2 Å². The van der Waals surface area contributed by atoms with Crippen LogP contribution in [0.3, 0.4) is 0 Å². The van der Waals surface area contributed by atoms with Gasteiger partial charge in [0.25, 0.3) is 11.4 Å². The topological polar surface area (TPSA) is 197 Å². The predicted octanol–water partition coefficient (Wildman–Crippen LogP) is 2.00. The van der Waals surface area contributed by atoms with E-state index >= 15 is 0 Å². The van der Waals surface area contributed by atoms with Crippen LogP contribution in [-0.4, -0.2) is 34.1 Å². The van der Waals surface area contributed by atoms with Crippen LogP contribution in [0.1, 0.15) is 5.69 Å². The lowest BCUT2D eigenvalue weighted by molar-refractivity contribution is -0.385. The van der Waals surface area contributed by atoms with Gasteiger partial charge in [-0.05, 0) is 24.3 Å². The summed E-state index contributed by atoms with van der Waals surface area (Å²) in [5.74, 6) is -0.536. The van der Waals surface area contributed by atoms with Crippen LogP contribution in [0.2, 0.25) is 0 Å². The summed E-state index contributed by atoms with van der Waals surface area (Å²) < 4.78 is 29.2. The molecule has 0 saturated heterocycles. The number of fused-ring (bicyclic) bond motifs is 1. The fraction of sp³-hybridized carbons (Fsp3) is 0. The molecule has 0 fully saturated rings. The number of nitrogens with zero attached hydrogens (tertiary/aromatic N) is 5. The first-order valence-corrected chi connectivity index (χ1v) is 9.89. The van der Waals surface area contributed by atoms with Crippen molar-refractivity contribution < 1.29 is 18.3 Å². The number of nitrogens with one attached hydrogen (secondary N) is 1. The maximum absolute atomic E-state index is 11.9. The van der Waals surface area contributed by atoms with Gasteiger partial charge in [-0.2, -0.15) is 8.42 Å². The maximum Gasteiger partial charge on any atom is 0.345 e. The average Bonchev–Trinajstić information content (AvgIpc) is 2.72. The lowest BCUT2D eigenvalue weighted by Crippen LogP contribution is -2.28. The first-order chi connectivity index (χ1) is 14.6. The Hall–Kier alpha value is -4.46. The molecule has 156 valence electrons. The molecule has 1 aromatic heterocycles. The Morgan fingerprint density at radius 3 is 1.68 bits per heavy atom. The molecule has 13 nitrogen and oxygen atoms in total. The van der Waals surface area contributed by atoms with Crippen LogP contribution in [-0.2, 0) is 10.2 Å². The summed E-state index contributed by atoms with van der Waals surface area (Å²) in [5.41, 5.74) is 6.66. The molecule has 0 bridgehead atoms. The number of benzene rings is 2. The van der Waals surface area contributed by atoms with Gasteiger partial charge >= 0.3 is 10.2 Å². The van der Waals surface area contributed by atoms with Crippen LogP contribution in [0.15, 0.2) is 52.9 Å². The number of amidine groups is 1. The monoisotopic (exact) mass is 441 g/mol. The fourth-order valence-electron chi connectivity index (χ4n) is 2.89.